The van der Waals surface area contributed by atoms with Crippen LogP contribution in [0.4, 0.5) is 34.5 Å². The third kappa shape index (κ3) is 20.7. The third-order valence-corrected chi connectivity index (χ3v) is 7.73. The molecule has 0 bridgehead atoms. The van der Waals surface area contributed by atoms with Gasteiger partial charge in [0.1, 0.15) is 0 Å². The Morgan fingerprint density at radius 1 is 0.484 bits per heavy atom. The van der Waals surface area contributed by atoms with Gasteiger partial charge in [-0.25, -0.2) is 0 Å². The number of aliphatic imine (C=N–C) groups is 2. The minimum absolute atomic E-state index is 0. The van der Waals surface area contributed by atoms with Gasteiger partial charge < -0.3 is 44.5 Å². The van der Waals surface area contributed by atoms with Crippen LogP contribution in [0.5, 0.6) is 0 Å². The molecule has 8 rings (SSSR count). The van der Waals surface area contributed by atoms with Gasteiger partial charge in [-0.3, -0.25) is 20.0 Å². The van der Waals surface area contributed by atoms with E-state index in [2.05, 4.69) is 90.6 Å². The van der Waals surface area contributed by atoms with Gasteiger partial charge >= 0.3 is 59.3 Å². The second-order valence-corrected chi connectivity index (χ2v) is 12.0. The van der Waals surface area contributed by atoms with Crippen molar-refractivity contribution in [2.75, 3.05) is 0 Å². The quantitative estimate of drug-likeness (QED) is 0.127. The number of halogens is 8. The number of aromatic amines is 2. The number of pyridine rings is 2. The van der Waals surface area contributed by atoms with Gasteiger partial charge in [0.25, 0.3) is 0 Å². The zero-order chi connectivity index (χ0) is 45.4. The van der Waals surface area contributed by atoms with Gasteiger partial charge in [-0.1, -0.05) is 48.5 Å². The molecule has 2 aromatic carbocycles. The molecule has 0 fully saturated rings. The van der Waals surface area contributed by atoms with Crippen LogP contribution in [-0.4, -0.2) is 46.9 Å². The number of hydrogen-bond donors (Lipinski definition) is 2. The topological polar surface area (TPSA) is 130 Å². The number of nitriles is 2. The van der Waals surface area contributed by atoms with Gasteiger partial charge in [-0.2, -0.15) is 10.5 Å². The fourth-order valence-corrected chi connectivity index (χ4v) is 5.50. The van der Waals surface area contributed by atoms with Crippen molar-refractivity contribution in [3.8, 4) is 34.4 Å². The maximum absolute atomic E-state index is 9.75. The summed E-state index contributed by atoms with van der Waals surface area (Å²) in [5.74, 6) is 0. The van der Waals surface area contributed by atoms with Crippen LogP contribution in [0.3, 0.4) is 0 Å². The standard InChI is InChI=1S/2C20H15N3.2C2H3N.2Ag.2BF4/c2*1-3-18(22-11-1)20(19-4-2-12-23-19)17-7-5-15(6-8-17)16-9-13-21-14-10-16;2*1-2-3;;;2*2-1(3,4)5/h2*1-14,22H;2*1H3;;;;/q;;;;2*+1;2*-1/b2*20-19+;;;;;;. The van der Waals surface area contributed by atoms with E-state index in [0.717, 1.165) is 45.1 Å². The number of rotatable bonds is 6. The van der Waals surface area contributed by atoms with Crippen LogP contribution < -0.4 is 0 Å². The Bertz CT molecular complexity index is 2310. The molecule has 0 atom stereocenters. The van der Waals surface area contributed by atoms with Crippen LogP contribution in [0.15, 0.2) is 180 Å². The average Bonchev–Trinajstić information content (AvgIpc) is 4.10. The van der Waals surface area contributed by atoms with Crippen molar-refractivity contribution in [3.05, 3.63) is 192 Å². The predicted octanol–water partition coefficient (Wildman–Crippen LogP) is 12.6. The van der Waals surface area contributed by atoms with Crippen LogP contribution in [0.1, 0.15) is 36.4 Å². The molecule has 20 heteroatoms. The summed E-state index contributed by atoms with van der Waals surface area (Å²) in [6, 6.07) is 36.8. The SMILES string of the molecule is C1=C/C(=C(/c2ccc(-c3ccncc3)cc2)c2ccc[nH]2)N=C1.C1=C/C(=C(/c2ccc(-c3ccncc3)cc2)c2ccc[nH]2)N=C1.CC#N.CC#N.F[B-](F)(F)F.F[B-](F)(F)F.[Ag+].[Ag+]. The number of aromatic nitrogens is 4. The summed E-state index contributed by atoms with van der Waals surface area (Å²) >= 11 is 0. The molecule has 0 spiro atoms. The number of nitrogens with zero attached hydrogens (tertiary/aromatic N) is 6. The smallest absolute Gasteiger partial charge is 0.418 e. The molecule has 0 radical (unpaired) electrons. The van der Waals surface area contributed by atoms with E-state index in [1.165, 1.54) is 36.1 Å². The molecule has 6 aromatic rings. The van der Waals surface area contributed by atoms with E-state index in [4.69, 9.17) is 10.5 Å². The zero-order valence-electron chi connectivity index (χ0n) is 33.6. The van der Waals surface area contributed by atoms with Gasteiger partial charge in [0, 0.05) is 86.0 Å². The van der Waals surface area contributed by atoms with E-state index in [1.54, 1.807) is 12.1 Å². The van der Waals surface area contributed by atoms with Crippen LogP contribution in [0.2, 0.25) is 0 Å². The van der Waals surface area contributed by atoms with Gasteiger partial charge in [0.2, 0.25) is 0 Å². The minimum atomic E-state index is -6.00. The Kier molecular flexibility index (Phi) is 25.3. The summed E-state index contributed by atoms with van der Waals surface area (Å²) in [5.41, 5.74) is 13.3. The zero-order valence-corrected chi connectivity index (χ0v) is 36.6. The van der Waals surface area contributed by atoms with Crippen molar-refractivity contribution in [2.45, 2.75) is 13.8 Å². The molecule has 6 heterocycles. The average molecular weight is 1070 g/mol. The summed E-state index contributed by atoms with van der Waals surface area (Å²) in [4.78, 5) is 23.6. The van der Waals surface area contributed by atoms with Crippen molar-refractivity contribution >= 4 is 38.1 Å². The van der Waals surface area contributed by atoms with Gasteiger partial charge in [0.15, 0.2) is 0 Å². The summed E-state index contributed by atoms with van der Waals surface area (Å²) in [6.07, 6.45) is 22.8. The molecule has 0 amide bonds. The minimum Gasteiger partial charge on any atom is -0.418 e. The number of nitrogens with one attached hydrogen (secondary N) is 2. The van der Waals surface area contributed by atoms with E-state index in [1.807, 2.05) is 110 Å². The molecular formula is C44H36Ag2B2F8N8. The summed E-state index contributed by atoms with van der Waals surface area (Å²) in [7, 11) is -12.0. The summed E-state index contributed by atoms with van der Waals surface area (Å²) in [6.45, 7) is 2.86. The predicted molar refractivity (Wildman–Crippen MR) is 231 cm³/mol. The Balaban J connectivity index is 0.000000470. The second kappa shape index (κ2) is 29.1. The molecule has 2 N–H and O–H groups in total. The van der Waals surface area contributed by atoms with E-state index in [9.17, 15) is 34.5 Å². The van der Waals surface area contributed by atoms with E-state index in [0.29, 0.717) is 0 Å². The first-order chi connectivity index (χ1) is 29.7. The molecule has 0 saturated carbocycles. The summed E-state index contributed by atoms with van der Waals surface area (Å²) in [5, 5.41) is 14.6. The van der Waals surface area contributed by atoms with Crippen molar-refractivity contribution in [3.63, 3.8) is 0 Å². The van der Waals surface area contributed by atoms with Crippen molar-refractivity contribution < 1.29 is 79.3 Å². The number of benzene rings is 2. The molecule has 8 nitrogen and oxygen atoms in total. The third-order valence-electron chi connectivity index (χ3n) is 7.73. The van der Waals surface area contributed by atoms with Crippen LogP contribution in [0, 0.1) is 22.7 Å². The molecule has 2 aliphatic rings. The first-order valence-electron chi connectivity index (χ1n) is 18.2. The maximum atomic E-state index is 9.75. The van der Waals surface area contributed by atoms with E-state index in [-0.39, 0.29) is 44.8 Å². The van der Waals surface area contributed by atoms with Crippen LogP contribution >= 0.6 is 0 Å². The summed E-state index contributed by atoms with van der Waals surface area (Å²) < 4.78 is 78.0. The van der Waals surface area contributed by atoms with Gasteiger partial charge in [-0.05, 0) is 106 Å². The first-order valence-corrected chi connectivity index (χ1v) is 18.2. The Hall–Kier alpha value is -6.37. The van der Waals surface area contributed by atoms with Gasteiger partial charge in [-0.15, -0.1) is 0 Å². The molecule has 64 heavy (non-hydrogen) atoms. The molecular weight excluding hydrogens is 1030 g/mol. The van der Waals surface area contributed by atoms with Gasteiger partial charge in [0.05, 0.1) is 23.5 Å². The van der Waals surface area contributed by atoms with Crippen LogP contribution in [-0.2, 0) is 44.8 Å². The fourth-order valence-electron chi connectivity index (χ4n) is 5.50. The van der Waals surface area contributed by atoms with E-state index >= 15 is 0 Å². The van der Waals surface area contributed by atoms with Crippen molar-refractivity contribution in [1.82, 2.24) is 19.9 Å². The molecule has 2 aliphatic heterocycles. The van der Waals surface area contributed by atoms with Crippen LogP contribution in [0.25, 0.3) is 33.4 Å². The number of H-pyrrole nitrogens is 2. The Morgan fingerprint density at radius 3 is 1.00 bits per heavy atom. The monoisotopic (exact) mass is 1060 g/mol. The van der Waals surface area contributed by atoms with Crippen molar-refractivity contribution in [2.24, 2.45) is 9.98 Å². The molecule has 0 saturated heterocycles. The van der Waals surface area contributed by atoms with E-state index < -0.39 is 14.5 Å². The molecule has 336 valence electrons. The molecule has 0 unspecified atom stereocenters. The Morgan fingerprint density at radius 2 is 0.766 bits per heavy atom. The first kappa shape index (κ1) is 55.6. The maximum Gasteiger partial charge on any atom is 1.00 e. The molecule has 4 aromatic heterocycles. The second-order valence-electron chi connectivity index (χ2n) is 12.0. The molecule has 0 aliphatic carbocycles. The van der Waals surface area contributed by atoms with Crippen molar-refractivity contribution in [1.29, 1.82) is 10.5 Å². The normalized spacial score (nSPS) is 13.0. The largest absolute Gasteiger partial charge is 1.00 e. The Labute approximate surface area is 396 Å². The fraction of sp³-hybridized carbons (Fsp3) is 0.0455. The number of allylic oxidation sites excluding steroid dienone is 4. The number of hydrogen-bond acceptors (Lipinski definition) is 6.